The molecule has 0 saturated carbocycles. The first-order valence-electron chi connectivity index (χ1n) is 9.77. The van der Waals surface area contributed by atoms with E-state index in [-0.39, 0.29) is 10.8 Å². The van der Waals surface area contributed by atoms with Gasteiger partial charge in [0.1, 0.15) is 6.04 Å². The largest absolute Gasteiger partial charge is 0.301 e. The number of aromatic nitrogens is 1. The van der Waals surface area contributed by atoms with Crippen molar-refractivity contribution in [2.75, 3.05) is 11.9 Å². The quantitative estimate of drug-likeness (QED) is 0.643. The number of nitrogens with one attached hydrogen (secondary N) is 1. The maximum Gasteiger partial charge on any atom is 0.244 e. The molecule has 30 heavy (non-hydrogen) atoms. The van der Waals surface area contributed by atoms with Gasteiger partial charge in [-0.15, -0.1) is 11.3 Å². The summed E-state index contributed by atoms with van der Waals surface area (Å²) in [5.41, 5.74) is 3.90. The Balaban J connectivity index is 1.52. The molecule has 1 atom stereocenters. The molecule has 0 bridgehead atoms. The van der Waals surface area contributed by atoms with Crippen molar-refractivity contribution in [3.8, 4) is 11.3 Å². The highest BCUT2D eigenvalue weighted by Crippen LogP contribution is 2.30. The van der Waals surface area contributed by atoms with Crippen molar-refractivity contribution in [1.29, 1.82) is 0 Å². The van der Waals surface area contributed by atoms with Crippen LogP contribution in [0.3, 0.4) is 0 Å². The van der Waals surface area contributed by atoms with E-state index in [0.717, 1.165) is 22.4 Å². The number of rotatable bonds is 5. The fraction of sp³-hybridized carbons (Fsp3) is 0.273. The molecule has 0 aliphatic carbocycles. The lowest BCUT2D eigenvalue weighted by atomic mass is 10.1. The summed E-state index contributed by atoms with van der Waals surface area (Å²) in [6.45, 7) is 4.25. The van der Waals surface area contributed by atoms with Crippen LogP contribution in [-0.4, -0.2) is 36.2 Å². The maximum atomic E-state index is 13.1. The van der Waals surface area contributed by atoms with E-state index in [0.29, 0.717) is 24.5 Å². The minimum absolute atomic E-state index is 0.212. The Hall–Kier alpha value is -2.55. The number of amides is 1. The van der Waals surface area contributed by atoms with Crippen LogP contribution in [0.4, 0.5) is 5.13 Å². The molecule has 1 fully saturated rings. The minimum Gasteiger partial charge on any atom is -0.301 e. The zero-order valence-corrected chi connectivity index (χ0v) is 18.5. The number of sulfonamides is 1. The van der Waals surface area contributed by atoms with Crippen LogP contribution in [0.1, 0.15) is 24.0 Å². The Morgan fingerprint density at radius 2 is 1.87 bits per heavy atom. The SMILES string of the molecule is Cc1ccc(S(=O)(=O)N2CCC[C@H]2C(=O)Nc2nc(-c3ccccc3C)cs2)cc1. The maximum absolute atomic E-state index is 13.1. The van der Waals surface area contributed by atoms with Gasteiger partial charge in [-0.3, -0.25) is 4.79 Å². The number of thiazole rings is 1. The normalized spacial score (nSPS) is 17.2. The monoisotopic (exact) mass is 441 g/mol. The number of hydrogen-bond acceptors (Lipinski definition) is 5. The Morgan fingerprint density at radius 1 is 1.13 bits per heavy atom. The summed E-state index contributed by atoms with van der Waals surface area (Å²) in [7, 11) is -3.73. The lowest BCUT2D eigenvalue weighted by Crippen LogP contribution is -2.43. The van der Waals surface area contributed by atoms with Gasteiger partial charge in [-0.2, -0.15) is 4.31 Å². The predicted octanol–water partition coefficient (Wildman–Crippen LogP) is 4.22. The Bertz CT molecular complexity index is 1170. The van der Waals surface area contributed by atoms with Crippen molar-refractivity contribution in [3.05, 3.63) is 65.0 Å². The number of benzene rings is 2. The standard InChI is InChI=1S/C22H23N3O3S2/c1-15-9-11-17(12-10-15)30(27,28)25-13-5-8-20(25)21(26)24-22-23-19(14-29-22)18-7-4-3-6-16(18)2/h3-4,6-7,9-12,14,20H,5,8,13H2,1-2H3,(H,23,24,26)/t20-/m0/s1. The first-order chi connectivity index (χ1) is 14.4. The minimum atomic E-state index is -3.73. The zero-order chi connectivity index (χ0) is 21.3. The first-order valence-corrected chi connectivity index (χ1v) is 12.1. The molecule has 156 valence electrons. The van der Waals surface area contributed by atoms with E-state index in [2.05, 4.69) is 10.3 Å². The predicted molar refractivity (Wildman–Crippen MR) is 119 cm³/mol. The molecule has 4 rings (SSSR count). The van der Waals surface area contributed by atoms with Crippen molar-refractivity contribution in [2.45, 2.75) is 37.6 Å². The summed E-state index contributed by atoms with van der Waals surface area (Å²) in [5, 5.41) is 5.18. The number of anilines is 1. The molecule has 1 aliphatic heterocycles. The number of carbonyl (C=O) groups is 1. The van der Waals surface area contributed by atoms with Gasteiger partial charge in [0.2, 0.25) is 15.9 Å². The lowest BCUT2D eigenvalue weighted by molar-refractivity contribution is -0.119. The third kappa shape index (κ3) is 4.03. The smallest absolute Gasteiger partial charge is 0.244 e. The molecule has 3 aromatic rings. The van der Waals surface area contributed by atoms with Crippen molar-refractivity contribution < 1.29 is 13.2 Å². The van der Waals surface area contributed by atoms with E-state index in [1.165, 1.54) is 15.6 Å². The second-order valence-corrected chi connectivity index (χ2v) is 10.2. The van der Waals surface area contributed by atoms with Gasteiger partial charge in [0.05, 0.1) is 10.6 Å². The second kappa shape index (κ2) is 8.29. The third-order valence-corrected chi connectivity index (χ3v) is 7.97. The molecule has 2 heterocycles. The Morgan fingerprint density at radius 3 is 2.60 bits per heavy atom. The molecule has 2 aromatic carbocycles. The van der Waals surface area contributed by atoms with E-state index >= 15 is 0 Å². The van der Waals surface area contributed by atoms with Gasteiger partial charge in [-0.05, 0) is 44.4 Å². The van der Waals surface area contributed by atoms with Crippen LogP contribution < -0.4 is 5.32 Å². The Kier molecular flexibility index (Phi) is 5.73. The molecule has 1 aliphatic rings. The highest BCUT2D eigenvalue weighted by atomic mass is 32.2. The molecule has 1 amide bonds. The van der Waals surface area contributed by atoms with Crippen LogP contribution in [-0.2, 0) is 14.8 Å². The zero-order valence-electron chi connectivity index (χ0n) is 16.8. The van der Waals surface area contributed by atoms with E-state index < -0.39 is 16.1 Å². The van der Waals surface area contributed by atoms with Crippen LogP contribution in [0.15, 0.2) is 58.8 Å². The Labute approximate surface area is 180 Å². The summed E-state index contributed by atoms with van der Waals surface area (Å²) in [4.78, 5) is 17.7. The second-order valence-electron chi connectivity index (χ2n) is 7.43. The fourth-order valence-corrected chi connectivity index (χ4v) is 6.01. The molecule has 1 saturated heterocycles. The third-order valence-electron chi connectivity index (χ3n) is 5.29. The average Bonchev–Trinajstić information content (AvgIpc) is 3.39. The van der Waals surface area contributed by atoms with Crippen molar-refractivity contribution in [1.82, 2.24) is 9.29 Å². The van der Waals surface area contributed by atoms with E-state index in [1.54, 1.807) is 24.3 Å². The van der Waals surface area contributed by atoms with Crippen LogP contribution in [0.5, 0.6) is 0 Å². The molecule has 0 unspecified atom stereocenters. The number of nitrogens with zero attached hydrogens (tertiary/aromatic N) is 2. The van der Waals surface area contributed by atoms with Crippen molar-refractivity contribution in [3.63, 3.8) is 0 Å². The van der Waals surface area contributed by atoms with Crippen LogP contribution in [0, 0.1) is 13.8 Å². The molecule has 1 N–H and O–H groups in total. The van der Waals surface area contributed by atoms with E-state index in [1.807, 2.05) is 43.5 Å². The fourth-order valence-electron chi connectivity index (χ4n) is 3.64. The summed E-state index contributed by atoms with van der Waals surface area (Å²) in [6, 6.07) is 13.9. The molecule has 6 nitrogen and oxygen atoms in total. The van der Waals surface area contributed by atoms with Gasteiger partial charge in [-0.1, -0.05) is 42.0 Å². The molecule has 0 radical (unpaired) electrons. The van der Waals surface area contributed by atoms with Gasteiger partial charge in [0.15, 0.2) is 5.13 Å². The van der Waals surface area contributed by atoms with Crippen molar-refractivity contribution in [2.24, 2.45) is 0 Å². The van der Waals surface area contributed by atoms with Crippen LogP contribution in [0.2, 0.25) is 0 Å². The van der Waals surface area contributed by atoms with Gasteiger partial charge in [0, 0.05) is 17.5 Å². The summed E-state index contributed by atoms with van der Waals surface area (Å²) >= 11 is 1.34. The highest BCUT2D eigenvalue weighted by molar-refractivity contribution is 7.89. The summed E-state index contributed by atoms with van der Waals surface area (Å²) in [5.74, 6) is -0.339. The van der Waals surface area contributed by atoms with E-state index in [9.17, 15) is 13.2 Å². The topological polar surface area (TPSA) is 79.4 Å². The first kappa shape index (κ1) is 20.7. The van der Waals surface area contributed by atoms with Crippen LogP contribution in [0.25, 0.3) is 11.3 Å². The van der Waals surface area contributed by atoms with Crippen molar-refractivity contribution >= 4 is 32.4 Å². The molecular weight excluding hydrogens is 418 g/mol. The lowest BCUT2D eigenvalue weighted by Gasteiger charge is -2.23. The van der Waals surface area contributed by atoms with Gasteiger partial charge < -0.3 is 5.32 Å². The molecule has 8 heteroatoms. The van der Waals surface area contributed by atoms with Gasteiger partial charge >= 0.3 is 0 Å². The van der Waals surface area contributed by atoms with E-state index in [4.69, 9.17) is 0 Å². The summed E-state index contributed by atoms with van der Waals surface area (Å²) < 4.78 is 27.5. The molecular formula is C22H23N3O3S2. The number of carbonyl (C=O) groups excluding carboxylic acids is 1. The number of hydrogen-bond donors (Lipinski definition) is 1. The average molecular weight is 442 g/mol. The number of aryl methyl sites for hydroxylation is 2. The van der Waals surface area contributed by atoms with Gasteiger partial charge in [0.25, 0.3) is 0 Å². The highest BCUT2D eigenvalue weighted by Gasteiger charge is 2.39. The van der Waals surface area contributed by atoms with Gasteiger partial charge in [-0.25, -0.2) is 13.4 Å². The summed E-state index contributed by atoms with van der Waals surface area (Å²) in [6.07, 6.45) is 1.14. The molecule has 1 aromatic heterocycles. The van der Waals surface area contributed by atoms with Crippen LogP contribution >= 0.6 is 11.3 Å². The molecule has 0 spiro atoms.